The van der Waals surface area contributed by atoms with E-state index in [9.17, 15) is 14.7 Å². The summed E-state index contributed by atoms with van der Waals surface area (Å²) in [6.07, 6.45) is 6.92. The van der Waals surface area contributed by atoms with Crippen LogP contribution in [0.3, 0.4) is 0 Å². The number of aromatic amines is 1. The van der Waals surface area contributed by atoms with Gasteiger partial charge in [0.25, 0.3) is 5.56 Å². The minimum atomic E-state index is -1.12. The highest BCUT2D eigenvalue weighted by Gasteiger charge is 2.20. The molecule has 1 aromatic carbocycles. The summed E-state index contributed by atoms with van der Waals surface area (Å²) in [7, 11) is 0. The topological polar surface area (TPSA) is 88.0 Å². The van der Waals surface area contributed by atoms with Gasteiger partial charge in [-0.2, -0.15) is 5.10 Å². The molecule has 6 nitrogen and oxygen atoms in total. The zero-order valence-corrected chi connectivity index (χ0v) is 16.2. The first-order valence-corrected chi connectivity index (χ1v) is 9.07. The van der Waals surface area contributed by atoms with Gasteiger partial charge in [0.2, 0.25) is 0 Å². The fraction of sp³-hybridized carbons (Fsp3) is 0.227. The molecule has 0 saturated carbocycles. The number of H-pyrrole nitrogens is 1. The highest BCUT2D eigenvalue weighted by atomic mass is 16.4. The van der Waals surface area contributed by atoms with Crippen LogP contribution in [-0.4, -0.2) is 25.8 Å². The van der Waals surface area contributed by atoms with E-state index in [0.717, 1.165) is 26.7 Å². The third-order valence-electron chi connectivity index (χ3n) is 4.94. The number of fused-ring (bicyclic) bond motifs is 1. The van der Waals surface area contributed by atoms with E-state index in [-0.39, 0.29) is 5.92 Å². The number of rotatable bonds is 5. The lowest BCUT2D eigenvalue weighted by Gasteiger charge is -2.14. The highest BCUT2D eigenvalue weighted by Crippen LogP contribution is 2.30. The standard InChI is InChI=1S/C22H23N3O3/c1-5-8-16-15(6-2)21(24-25(22(16)28)12-19(26)27)14(4)17-11-23-18-10-7-9-13(3)20(17)18/h5-11,14,23H,1,12H2,2-4H3,(H,26,27). The van der Waals surface area contributed by atoms with Gasteiger partial charge in [0.15, 0.2) is 0 Å². The van der Waals surface area contributed by atoms with Gasteiger partial charge in [0, 0.05) is 28.2 Å². The van der Waals surface area contributed by atoms with E-state index in [1.54, 1.807) is 6.08 Å². The lowest BCUT2D eigenvalue weighted by molar-refractivity contribution is -0.138. The summed E-state index contributed by atoms with van der Waals surface area (Å²) in [5.41, 5.74) is 3.43. The van der Waals surface area contributed by atoms with Gasteiger partial charge in [0.05, 0.1) is 10.9 Å². The van der Waals surface area contributed by atoms with Crippen LogP contribution in [0.15, 0.2) is 41.8 Å². The Morgan fingerprint density at radius 1 is 1.39 bits per heavy atom. The van der Waals surface area contributed by atoms with Gasteiger partial charge >= 0.3 is 5.97 Å². The van der Waals surface area contributed by atoms with Crippen LogP contribution in [0, 0.1) is 6.92 Å². The first-order chi connectivity index (χ1) is 13.4. The second kappa shape index (κ2) is 7.68. The van der Waals surface area contributed by atoms with Crippen LogP contribution >= 0.6 is 0 Å². The molecular weight excluding hydrogens is 354 g/mol. The van der Waals surface area contributed by atoms with Crippen LogP contribution in [0.2, 0.25) is 0 Å². The van der Waals surface area contributed by atoms with Crippen LogP contribution in [0.5, 0.6) is 0 Å². The molecule has 3 rings (SSSR count). The number of carboxylic acids is 1. The van der Waals surface area contributed by atoms with E-state index in [2.05, 4.69) is 29.7 Å². The summed E-state index contributed by atoms with van der Waals surface area (Å²) in [5.74, 6) is -1.27. The van der Waals surface area contributed by atoms with Crippen molar-refractivity contribution < 1.29 is 9.90 Å². The van der Waals surface area contributed by atoms with E-state index in [0.29, 0.717) is 16.1 Å². The Kier molecular flexibility index (Phi) is 5.31. The van der Waals surface area contributed by atoms with E-state index in [1.165, 1.54) is 6.08 Å². The number of hydrogen-bond donors (Lipinski definition) is 2. The van der Waals surface area contributed by atoms with Crippen LogP contribution in [0.4, 0.5) is 0 Å². The number of aryl methyl sites for hydroxylation is 1. The molecule has 0 radical (unpaired) electrons. The number of hydrogen-bond acceptors (Lipinski definition) is 3. The quantitative estimate of drug-likeness (QED) is 0.712. The summed E-state index contributed by atoms with van der Waals surface area (Å²) in [5, 5.41) is 15.8. The molecule has 3 aromatic rings. The van der Waals surface area contributed by atoms with Crippen molar-refractivity contribution in [1.29, 1.82) is 0 Å². The molecule has 0 aliphatic carbocycles. The number of allylic oxidation sites excluding steroid dienone is 1. The largest absolute Gasteiger partial charge is 0.480 e. The lowest BCUT2D eigenvalue weighted by Crippen LogP contribution is -2.49. The SMILES string of the molecule is C=CC=c1c(=CC)c(C(C)c2c[nH]c3cccc(C)c23)nn(CC(=O)O)c1=O. The molecule has 28 heavy (non-hydrogen) atoms. The summed E-state index contributed by atoms with van der Waals surface area (Å²) >= 11 is 0. The maximum absolute atomic E-state index is 12.7. The Labute approximate surface area is 162 Å². The maximum atomic E-state index is 12.7. The number of carbonyl (C=O) groups is 1. The normalized spacial score (nSPS) is 13.8. The summed E-state index contributed by atoms with van der Waals surface area (Å²) in [4.78, 5) is 27.3. The first-order valence-electron chi connectivity index (χ1n) is 9.07. The average molecular weight is 377 g/mol. The number of benzene rings is 1. The molecule has 0 fully saturated rings. The predicted molar refractivity (Wildman–Crippen MR) is 111 cm³/mol. The van der Waals surface area contributed by atoms with Crippen molar-refractivity contribution in [2.24, 2.45) is 0 Å². The molecule has 1 unspecified atom stereocenters. The maximum Gasteiger partial charge on any atom is 0.325 e. The molecule has 1 atom stereocenters. The third kappa shape index (κ3) is 3.29. The molecule has 0 saturated heterocycles. The third-order valence-corrected chi connectivity index (χ3v) is 4.94. The molecule has 2 aromatic heterocycles. The van der Waals surface area contributed by atoms with Crippen molar-refractivity contribution >= 4 is 29.0 Å². The Morgan fingerprint density at radius 3 is 2.79 bits per heavy atom. The second-order valence-electron chi connectivity index (χ2n) is 6.72. The van der Waals surface area contributed by atoms with E-state index < -0.39 is 18.1 Å². The monoisotopic (exact) mass is 377 g/mol. The van der Waals surface area contributed by atoms with Crippen LogP contribution < -0.4 is 16.0 Å². The van der Waals surface area contributed by atoms with E-state index >= 15 is 0 Å². The van der Waals surface area contributed by atoms with Gasteiger partial charge in [-0.1, -0.05) is 37.8 Å². The van der Waals surface area contributed by atoms with Crippen LogP contribution in [0.1, 0.15) is 36.6 Å². The molecular formula is C22H23N3O3. The minimum absolute atomic E-state index is 0.154. The van der Waals surface area contributed by atoms with Crippen molar-refractivity contribution in [2.75, 3.05) is 0 Å². The van der Waals surface area contributed by atoms with E-state index in [4.69, 9.17) is 0 Å². The Balaban J connectivity index is 2.35. The first kappa shape index (κ1) is 19.4. The summed E-state index contributed by atoms with van der Waals surface area (Å²) in [6, 6.07) is 6.06. The fourth-order valence-electron chi connectivity index (χ4n) is 3.65. The Bertz CT molecular complexity index is 1250. The van der Waals surface area contributed by atoms with Gasteiger partial charge < -0.3 is 10.1 Å². The molecule has 6 heteroatoms. The summed E-state index contributed by atoms with van der Waals surface area (Å²) < 4.78 is 1.01. The number of nitrogens with zero attached hydrogens (tertiary/aromatic N) is 2. The van der Waals surface area contributed by atoms with Crippen molar-refractivity contribution in [3.63, 3.8) is 0 Å². The van der Waals surface area contributed by atoms with Crippen LogP contribution in [-0.2, 0) is 11.3 Å². The van der Waals surface area contributed by atoms with Crippen LogP contribution in [0.25, 0.3) is 23.1 Å². The fourth-order valence-corrected chi connectivity index (χ4v) is 3.65. The molecule has 0 aliphatic heterocycles. The smallest absolute Gasteiger partial charge is 0.325 e. The van der Waals surface area contributed by atoms with Gasteiger partial charge in [-0.3, -0.25) is 9.59 Å². The lowest BCUT2D eigenvalue weighted by atomic mass is 9.93. The molecule has 0 bridgehead atoms. The molecule has 0 aliphatic rings. The van der Waals surface area contributed by atoms with Crippen molar-refractivity contribution in [2.45, 2.75) is 33.2 Å². The molecule has 0 amide bonds. The van der Waals surface area contributed by atoms with Gasteiger partial charge in [-0.05, 0) is 37.1 Å². The van der Waals surface area contributed by atoms with Gasteiger partial charge in [-0.15, -0.1) is 0 Å². The second-order valence-corrected chi connectivity index (χ2v) is 6.72. The predicted octanol–water partition coefficient (Wildman–Crippen LogP) is 2.04. The van der Waals surface area contributed by atoms with Crippen molar-refractivity contribution in [1.82, 2.24) is 14.8 Å². The number of carboxylic acid groups (broad SMARTS) is 1. The zero-order valence-electron chi connectivity index (χ0n) is 16.2. The Hall–Kier alpha value is -3.41. The molecule has 2 N–H and O–H groups in total. The van der Waals surface area contributed by atoms with Gasteiger partial charge in [-0.25, -0.2) is 4.68 Å². The number of aliphatic carboxylic acids is 1. The highest BCUT2D eigenvalue weighted by molar-refractivity contribution is 5.87. The number of nitrogens with one attached hydrogen (secondary N) is 1. The van der Waals surface area contributed by atoms with Crippen molar-refractivity contribution in [3.05, 3.63) is 74.7 Å². The minimum Gasteiger partial charge on any atom is -0.480 e. The Morgan fingerprint density at radius 2 is 2.14 bits per heavy atom. The average Bonchev–Trinajstić information content (AvgIpc) is 3.09. The molecule has 0 spiro atoms. The summed E-state index contributed by atoms with van der Waals surface area (Å²) in [6.45, 7) is 9.09. The number of aromatic nitrogens is 3. The molecule has 2 heterocycles. The molecule has 144 valence electrons. The zero-order chi connectivity index (χ0) is 20.4. The van der Waals surface area contributed by atoms with E-state index in [1.807, 2.05) is 38.3 Å². The van der Waals surface area contributed by atoms with Crippen molar-refractivity contribution in [3.8, 4) is 0 Å². The van der Waals surface area contributed by atoms with Gasteiger partial charge in [0.1, 0.15) is 6.54 Å².